The van der Waals surface area contributed by atoms with Gasteiger partial charge in [0.1, 0.15) is 5.60 Å². The third kappa shape index (κ3) is 6.48. The highest BCUT2D eigenvalue weighted by Crippen LogP contribution is 2.20. The molecule has 0 atom stereocenters. The Morgan fingerprint density at radius 1 is 1.17 bits per heavy atom. The second kappa shape index (κ2) is 8.63. The fraction of sp³-hybridized carbons (Fsp3) is 0.800. The average molecular weight is 298 g/mol. The summed E-state index contributed by atoms with van der Waals surface area (Å²) in [5.74, 6) is -1.58. The molecule has 0 aliphatic heterocycles. The molecule has 0 aliphatic carbocycles. The highest BCUT2D eigenvalue weighted by molar-refractivity contribution is 7.81. The molecule has 0 aromatic heterocycles. The smallest absolute Gasteiger partial charge is 0.318 e. The average Bonchev–Trinajstić information content (AvgIpc) is 2.34. The van der Waals surface area contributed by atoms with E-state index in [0.717, 1.165) is 0 Å². The maximum atomic E-state index is 11.2. The third-order valence-corrected chi connectivity index (χ3v) is 2.38. The van der Waals surface area contributed by atoms with E-state index in [2.05, 4.69) is 25.3 Å². The molecular weight excluding hydrogens is 280 g/mol. The van der Waals surface area contributed by atoms with Crippen molar-refractivity contribution in [2.75, 3.05) is 24.7 Å². The third-order valence-electron chi connectivity index (χ3n) is 1.87. The quantitative estimate of drug-likeness (QED) is 0.334. The first-order valence-corrected chi connectivity index (χ1v) is 6.49. The van der Waals surface area contributed by atoms with Gasteiger partial charge in [0, 0.05) is 0 Å². The standard InChI is InChI=1S/C10H18O6S2/c1-10(2,14-4-3-11)9(15-7(12)5-17)16-8(13)6-18/h9,11,17-18H,3-6H2,1-2H3. The predicted octanol–water partition coefficient (Wildman–Crippen LogP) is 0.0460. The molecule has 0 unspecified atom stereocenters. The molecule has 1 N–H and O–H groups in total. The minimum atomic E-state index is -1.22. The van der Waals surface area contributed by atoms with E-state index in [1.165, 1.54) is 0 Å². The van der Waals surface area contributed by atoms with Crippen LogP contribution in [0.4, 0.5) is 0 Å². The van der Waals surface area contributed by atoms with E-state index in [1.54, 1.807) is 13.8 Å². The van der Waals surface area contributed by atoms with Gasteiger partial charge in [0.25, 0.3) is 6.29 Å². The Morgan fingerprint density at radius 3 is 1.94 bits per heavy atom. The highest BCUT2D eigenvalue weighted by Gasteiger charge is 2.36. The molecule has 0 rings (SSSR count). The zero-order chi connectivity index (χ0) is 14.2. The van der Waals surface area contributed by atoms with Crippen LogP contribution in [0, 0.1) is 0 Å². The fourth-order valence-corrected chi connectivity index (χ4v) is 1.15. The van der Waals surface area contributed by atoms with Crippen molar-refractivity contribution >= 4 is 37.2 Å². The number of aliphatic hydroxyl groups excluding tert-OH is 1. The van der Waals surface area contributed by atoms with E-state index in [-0.39, 0.29) is 24.7 Å². The lowest BCUT2D eigenvalue weighted by Gasteiger charge is -2.32. The second-order valence-corrected chi connectivity index (χ2v) is 4.44. The number of hydrogen-bond donors (Lipinski definition) is 3. The Bertz CT molecular complexity index is 264. The van der Waals surface area contributed by atoms with Crippen molar-refractivity contribution in [3.63, 3.8) is 0 Å². The molecule has 0 aromatic rings. The lowest BCUT2D eigenvalue weighted by molar-refractivity contribution is -0.233. The van der Waals surface area contributed by atoms with Gasteiger partial charge in [-0.3, -0.25) is 9.59 Å². The minimum Gasteiger partial charge on any atom is -0.421 e. The van der Waals surface area contributed by atoms with Crippen molar-refractivity contribution < 1.29 is 28.9 Å². The molecule has 18 heavy (non-hydrogen) atoms. The molecule has 8 heteroatoms. The number of carbonyl (C=O) groups excluding carboxylic acids is 2. The van der Waals surface area contributed by atoms with E-state index < -0.39 is 23.8 Å². The van der Waals surface area contributed by atoms with Crippen LogP contribution in [-0.2, 0) is 23.8 Å². The molecule has 0 aliphatic rings. The van der Waals surface area contributed by atoms with Gasteiger partial charge < -0.3 is 19.3 Å². The SMILES string of the molecule is CC(C)(OCCO)C(OC(=O)CS)OC(=O)CS. The van der Waals surface area contributed by atoms with Crippen molar-refractivity contribution in [2.24, 2.45) is 0 Å². The second-order valence-electron chi connectivity index (χ2n) is 3.80. The summed E-state index contributed by atoms with van der Waals surface area (Å²) in [5, 5.41) is 8.70. The van der Waals surface area contributed by atoms with Crippen LogP contribution in [0.1, 0.15) is 13.8 Å². The van der Waals surface area contributed by atoms with E-state index in [9.17, 15) is 9.59 Å². The number of hydrogen-bond acceptors (Lipinski definition) is 8. The first-order valence-electron chi connectivity index (χ1n) is 5.23. The Hall–Kier alpha value is -0.440. The maximum absolute atomic E-state index is 11.2. The van der Waals surface area contributed by atoms with Crippen LogP contribution in [-0.4, -0.2) is 53.7 Å². The Kier molecular flexibility index (Phi) is 8.41. The summed E-state index contributed by atoms with van der Waals surface area (Å²) in [6, 6.07) is 0. The topological polar surface area (TPSA) is 82.1 Å². The lowest BCUT2D eigenvalue weighted by Crippen LogP contribution is -2.46. The summed E-state index contributed by atoms with van der Waals surface area (Å²) in [6.45, 7) is 2.98. The molecule has 6 nitrogen and oxygen atoms in total. The lowest BCUT2D eigenvalue weighted by atomic mass is 10.1. The number of aliphatic hydroxyl groups is 1. The monoisotopic (exact) mass is 298 g/mol. The van der Waals surface area contributed by atoms with E-state index in [1.807, 2.05) is 0 Å². The molecule has 0 fully saturated rings. The summed E-state index contributed by atoms with van der Waals surface area (Å²) < 4.78 is 15.1. The highest BCUT2D eigenvalue weighted by atomic mass is 32.1. The first-order chi connectivity index (χ1) is 8.37. The summed E-state index contributed by atoms with van der Waals surface area (Å²) in [7, 11) is 0. The number of thiol groups is 2. The van der Waals surface area contributed by atoms with Crippen molar-refractivity contribution in [2.45, 2.75) is 25.7 Å². The van der Waals surface area contributed by atoms with Crippen molar-refractivity contribution in [1.82, 2.24) is 0 Å². The molecule has 0 amide bonds. The van der Waals surface area contributed by atoms with Crippen LogP contribution < -0.4 is 0 Å². The van der Waals surface area contributed by atoms with Gasteiger partial charge in [0.05, 0.1) is 24.7 Å². The zero-order valence-electron chi connectivity index (χ0n) is 10.3. The molecule has 106 valence electrons. The Morgan fingerprint density at radius 2 is 1.61 bits per heavy atom. The van der Waals surface area contributed by atoms with Crippen LogP contribution in [0.2, 0.25) is 0 Å². The van der Waals surface area contributed by atoms with Gasteiger partial charge in [-0.15, -0.1) is 0 Å². The summed E-state index contributed by atoms with van der Waals surface area (Å²) in [4.78, 5) is 22.4. The predicted molar refractivity (Wildman–Crippen MR) is 70.8 cm³/mol. The number of rotatable bonds is 8. The van der Waals surface area contributed by atoms with Gasteiger partial charge in [0.15, 0.2) is 0 Å². The molecule has 0 saturated carbocycles. The first kappa shape index (κ1) is 17.6. The summed E-state index contributed by atoms with van der Waals surface area (Å²) in [5.41, 5.74) is -1.08. The molecule has 0 radical (unpaired) electrons. The van der Waals surface area contributed by atoms with Crippen LogP contribution in [0.15, 0.2) is 0 Å². The van der Waals surface area contributed by atoms with Crippen LogP contribution >= 0.6 is 25.3 Å². The molecule has 0 bridgehead atoms. The Balaban J connectivity index is 4.71. The van der Waals surface area contributed by atoms with Gasteiger partial charge in [0.2, 0.25) is 0 Å². The summed E-state index contributed by atoms with van der Waals surface area (Å²) >= 11 is 7.52. The van der Waals surface area contributed by atoms with E-state index in [0.29, 0.717) is 0 Å². The van der Waals surface area contributed by atoms with Crippen LogP contribution in [0.3, 0.4) is 0 Å². The number of carbonyl (C=O) groups is 2. The van der Waals surface area contributed by atoms with Gasteiger partial charge in [-0.1, -0.05) is 0 Å². The van der Waals surface area contributed by atoms with Gasteiger partial charge >= 0.3 is 11.9 Å². The number of esters is 2. The molecule has 0 saturated heterocycles. The van der Waals surface area contributed by atoms with Gasteiger partial charge in [-0.2, -0.15) is 25.3 Å². The van der Waals surface area contributed by atoms with Crippen molar-refractivity contribution in [3.05, 3.63) is 0 Å². The molecular formula is C10H18O6S2. The van der Waals surface area contributed by atoms with E-state index >= 15 is 0 Å². The van der Waals surface area contributed by atoms with Gasteiger partial charge in [-0.05, 0) is 13.8 Å². The summed E-state index contributed by atoms with van der Waals surface area (Å²) in [6.07, 6.45) is -1.22. The van der Waals surface area contributed by atoms with E-state index in [4.69, 9.17) is 19.3 Å². The van der Waals surface area contributed by atoms with Crippen molar-refractivity contribution in [3.8, 4) is 0 Å². The Labute approximate surface area is 117 Å². The van der Waals surface area contributed by atoms with Crippen LogP contribution in [0.5, 0.6) is 0 Å². The maximum Gasteiger partial charge on any atom is 0.318 e. The molecule has 0 aromatic carbocycles. The van der Waals surface area contributed by atoms with Crippen LogP contribution in [0.25, 0.3) is 0 Å². The number of ether oxygens (including phenoxy) is 3. The largest absolute Gasteiger partial charge is 0.421 e. The normalized spacial score (nSPS) is 11.4. The van der Waals surface area contributed by atoms with Crippen molar-refractivity contribution in [1.29, 1.82) is 0 Å². The molecule has 0 spiro atoms. The molecule has 0 heterocycles. The zero-order valence-corrected chi connectivity index (χ0v) is 12.1. The van der Waals surface area contributed by atoms with Gasteiger partial charge in [-0.25, -0.2) is 0 Å². The fourth-order valence-electron chi connectivity index (χ4n) is 0.998. The minimum absolute atomic E-state index is 0.0281.